The number of piperidine rings is 1. The van der Waals surface area contributed by atoms with Crippen molar-refractivity contribution in [2.24, 2.45) is 4.99 Å². The van der Waals surface area contributed by atoms with E-state index in [1.807, 2.05) is 22.6 Å². The number of hydrogen-bond donors (Lipinski definition) is 4. The minimum atomic E-state index is -4.58. The average molecular weight is 633 g/mol. The first-order chi connectivity index (χ1) is 17.4. The number of aliphatic imine (C=N–C) groups is 1. The number of anilines is 2. The van der Waals surface area contributed by atoms with Crippen molar-refractivity contribution in [1.29, 1.82) is 0 Å². The molecule has 198 valence electrons. The molecule has 0 saturated carbocycles. The van der Waals surface area contributed by atoms with Gasteiger partial charge in [-0.2, -0.15) is 13.2 Å². The van der Waals surface area contributed by atoms with E-state index < -0.39 is 28.7 Å². The molecule has 6 N–H and O–H groups in total. The van der Waals surface area contributed by atoms with Gasteiger partial charge < -0.3 is 26.3 Å². The summed E-state index contributed by atoms with van der Waals surface area (Å²) < 4.78 is 40.0. The standard InChI is InChI=1S/C21H23F3IN9O3/c22-21(23,24)11-1-2-12(35)34(9-11)6-3-13(36)33-7-4-20(5-8-33)10-28-19(32-20)31-18(37)14-16(26)30-17(27)15(25)29-14/h1-2,9H,3-8,10H2,(H4,26,27,30)(H2,28,31,32,37). The number of carbonyl (C=O) groups excluding carboxylic acids is 2. The van der Waals surface area contributed by atoms with Crippen molar-refractivity contribution in [3.8, 4) is 0 Å². The fraction of sp³-hybridized carbons (Fsp3) is 0.429. The molecule has 2 amide bonds. The van der Waals surface area contributed by atoms with Crippen molar-refractivity contribution in [1.82, 2.24) is 30.1 Å². The average Bonchev–Trinajstić information content (AvgIpc) is 3.21. The molecule has 0 aromatic carbocycles. The van der Waals surface area contributed by atoms with E-state index in [-0.39, 0.29) is 42.2 Å². The van der Waals surface area contributed by atoms with Gasteiger partial charge in [0.05, 0.1) is 17.6 Å². The van der Waals surface area contributed by atoms with Gasteiger partial charge in [0, 0.05) is 38.3 Å². The van der Waals surface area contributed by atoms with Crippen LogP contribution in [0.4, 0.5) is 24.8 Å². The lowest BCUT2D eigenvalue weighted by molar-refractivity contribution is -0.138. The predicted octanol–water partition coefficient (Wildman–Crippen LogP) is 0.567. The van der Waals surface area contributed by atoms with Gasteiger partial charge in [-0.15, -0.1) is 0 Å². The van der Waals surface area contributed by atoms with Crippen molar-refractivity contribution in [2.45, 2.75) is 37.5 Å². The van der Waals surface area contributed by atoms with Crippen LogP contribution in [0, 0.1) is 3.70 Å². The monoisotopic (exact) mass is 633 g/mol. The Morgan fingerprint density at radius 1 is 1.16 bits per heavy atom. The number of carbonyl (C=O) groups is 2. The minimum absolute atomic E-state index is 0.0793. The van der Waals surface area contributed by atoms with Crippen LogP contribution in [0.5, 0.6) is 0 Å². The van der Waals surface area contributed by atoms with E-state index in [1.54, 1.807) is 4.90 Å². The van der Waals surface area contributed by atoms with Crippen LogP contribution in [0.1, 0.15) is 35.3 Å². The van der Waals surface area contributed by atoms with Gasteiger partial charge >= 0.3 is 6.18 Å². The zero-order chi connectivity index (χ0) is 27.0. The number of rotatable bonds is 4. The first kappa shape index (κ1) is 26.6. The molecule has 0 unspecified atom stereocenters. The van der Waals surface area contributed by atoms with Gasteiger partial charge in [-0.3, -0.25) is 24.7 Å². The molecule has 0 radical (unpaired) electrons. The molecule has 37 heavy (non-hydrogen) atoms. The zero-order valence-corrected chi connectivity index (χ0v) is 21.5. The Hall–Kier alpha value is -3.44. The van der Waals surface area contributed by atoms with Crippen molar-refractivity contribution < 1.29 is 22.8 Å². The summed E-state index contributed by atoms with van der Waals surface area (Å²) in [6, 6.07) is 1.56. The number of nitrogens with zero attached hydrogens (tertiary/aromatic N) is 5. The molecule has 0 bridgehead atoms. The lowest BCUT2D eigenvalue weighted by atomic mass is 9.88. The number of aromatic nitrogens is 3. The van der Waals surface area contributed by atoms with Gasteiger partial charge in [0.25, 0.3) is 11.5 Å². The van der Waals surface area contributed by atoms with E-state index in [0.717, 1.165) is 22.9 Å². The lowest BCUT2D eigenvalue weighted by Gasteiger charge is -2.39. The van der Waals surface area contributed by atoms with Crippen LogP contribution in [0.15, 0.2) is 28.1 Å². The van der Waals surface area contributed by atoms with Gasteiger partial charge in [-0.05, 0) is 41.5 Å². The number of amides is 2. The van der Waals surface area contributed by atoms with E-state index in [2.05, 4.69) is 25.6 Å². The van der Waals surface area contributed by atoms with E-state index in [0.29, 0.717) is 36.2 Å². The number of halogens is 4. The van der Waals surface area contributed by atoms with Gasteiger partial charge in [-0.25, -0.2) is 9.97 Å². The number of hydrogen-bond acceptors (Lipinski definition) is 9. The molecule has 2 aromatic rings. The second-order valence-corrected chi connectivity index (χ2v) is 9.76. The maximum absolute atomic E-state index is 12.9. The molecule has 0 aliphatic carbocycles. The van der Waals surface area contributed by atoms with Crippen LogP contribution in [-0.2, 0) is 17.5 Å². The summed E-state index contributed by atoms with van der Waals surface area (Å²) in [4.78, 5) is 51.1. The van der Waals surface area contributed by atoms with Gasteiger partial charge in [-0.1, -0.05) is 0 Å². The molecular weight excluding hydrogens is 610 g/mol. The summed E-state index contributed by atoms with van der Waals surface area (Å²) in [5.41, 5.74) is 9.31. The Balaban J connectivity index is 1.29. The van der Waals surface area contributed by atoms with E-state index in [4.69, 9.17) is 11.5 Å². The number of nitrogens with one attached hydrogen (secondary N) is 2. The lowest BCUT2D eigenvalue weighted by Crippen LogP contribution is -2.57. The third-order valence-corrected chi connectivity index (χ3v) is 7.02. The van der Waals surface area contributed by atoms with Crippen LogP contribution in [0.2, 0.25) is 0 Å². The molecule has 0 atom stereocenters. The number of nitrogen functional groups attached to an aromatic ring is 2. The number of pyridine rings is 1. The maximum Gasteiger partial charge on any atom is 0.417 e. The SMILES string of the molecule is Nc1nc(N)c(C(=O)NC2=NCC3(CCN(C(=O)CCn4cc(C(F)(F)F)ccc4=O)CC3)N2)nc1I. The van der Waals surface area contributed by atoms with Crippen molar-refractivity contribution in [2.75, 3.05) is 31.1 Å². The summed E-state index contributed by atoms with van der Waals surface area (Å²) in [6.07, 6.45) is -2.90. The quantitative estimate of drug-likeness (QED) is 0.354. The summed E-state index contributed by atoms with van der Waals surface area (Å²) in [5.74, 6) is -0.597. The largest absolute Gasteiger partial charge is 0.417 e. The highest BCUT2D eigenvalue weighted by Gasteiger charge is 2.40. The number of nitrogens with two attached hydrogens (primary N) is 2. The molecule has 4 rings (SSSR count). The highest BCUT2D eigenvalue weighted by molar-refractivity contribution is 14.1. The molecule has 1 spiro atoms. The molecular formula is C21H23F3IN9O3. The Labute approximate surface area is 221 Å². The van der Waals surface area contributed by atoms with Crippen LogP contribution in [-0.4, -0.2) is 62.4 Å². The molecule has 12 nitrogen and oxygen atoms in total. The molecule has 16 heteroatoms. The first-order valence-corrected chi connectivity index (χ1v) is 12.2. The Morgan fingerprint density at radius 3 is 2.54 bits per heavy atom. The number of aryl methyl sites for hydroxylation is 1. The predicted molar refractivity (Wildman–Crippen MR) is 135 cm³/mol. The fourth-order valence-electron chi connectivity index (χ4n) is 4.12. The fourth-order valence-corrected chi connectivity index (χ4v) is 4.48. The molecule has 2 aromatic heterocycles. The Kier molecular flexibility index (Phi) is 7.29. The minimum Gasteiger partial charge on any atom is -0.382 e. The van der Waals surface area contributed by atoms with Crippen molar-refractivity contribution >= 4 is 52.0 Å². The molecule has 1 fully saturated rings. The zero-order valence-electron chi connectivity index (χ0n) is 19.3. The van der Waals surface area contributed by atoms with Crippen LogP contribution < -0.4 is 27.7 Å². The smallest absolute Gasteiger partial charge is 0.382 e. The van der Waals surface area contributed by atoms with Gasteiger partial charge in [0.2, 0.25) is 5.91 Å². The summed E-state index contributed by atoms with van der Waals surface area (Å²) in [6.45, 7) is 0.991. The summed E-state index contributed by atoms with van der Waals surface area (Å²) >= 11 is 1.84. The van der Waals surface area contributed by atoms with Gasteiger partial charge in [0.1, 0.15) is 3.70 Å². The van der Waals surface area contributed by atoms with Gasteiger partial charge in [0.15, 0.2) is 23.3 Å². The highest BCUT2D eigenvalue weighted by atomic mass is 127. The van der Waals surface area contributed by atoms with Crippen LogP contribution in [0.3, 0.4) is 0 Å². The van der Waals surface area contributed by atoms with Crippen LogP contribution >= 0.6 is 22.6 Å². The second-order valence-electron chi connectivity index (χ2n) is 8.74. The summed E-state index contributed by atoms with van der Waals surface area (Å²) in [7, 11) is 0. The van der Waals surface area contributed by atoms with E-state index in [9.17, 15) is 27.6 Å². The third kappa shape index (κ3) is 5.94. The van der Waals surface area contributed by atoms with Crippen molar-refractivity contribution in [3.63, 3.8) is 0 Å². The number of alkyl halides is 3. The highest BCUT2D eigenvalue weighted by Crippen LogP contribution is 2.28. The molecule has 2 aliphatic rings. The number of likely N-dealkylation sites (tertiary alicyclic amines) is 1. The van der Waals surface area contributed by atoms with E-state index in [1.165, 1.54) is 0 Å². The molecule has 4 heterocycles. The second kappa shape index (κ2) is 10.1. The number of guanidine groups is 1. The van der Waals surface area contributed by atoms with Crippen LogP contribution in [0.25, 0.3) is 0 Å². The third-order valence-electron chi connectivity index (χ3n) is 6.23. The van der Waals surface area contributed by atoms with E-state index >= 15 is 0 Å². The Bertz CT molecular complexity index is 1320. The maximum atomic E-state index is 12.9. The first-order valence-electron chi connectivity index (χ1n) is 11.1. The topological polar surface area (TPSA) is 174 Å². The summed E-state index contributed by atoms with van der Waals surface area (Å²) in [5, 5.41) is 5.84. The molecule has 1 saturated heterocycles. The molecule has 2 aliphatic heterocycles. The van der Waals surface area contributed by atoms with Crippen molar-refractivity contribution in [3.05, 3.63) is 43.6 Å². The normalized spacial score (nSPS) is 16.9. The Morgan fingerprint density at radius 2 is 1.86 bits per heavy atom.